The zero-order chi connectivity index (χ0) is 17.4. The molecule has 5 heteroatoms. The molecule has 0 fully saturated rings. The van der Waals surface area contributed by atoms with Gasteiger partial charge in [-0.05, 0) is 35.7 Å². The van der Waals surface area contributed by atoms with Gasteiger partial charge in [0.25, 0.3) is 0 Å². The van der Waals surface area contributed by atoms with Gasteiger partial charge in [-0.15, -0.1) is 11.8 Å². The van der Waals surface area contributed by atoms with E-state index in [-0.39, 0.29) is 11.9 Å². The van der Waals surface area contributed by atoms with Crippen LogP contribution in [-0.2, 0) is 21.7 Å². The summed E-state index contributed by atoms with van der Waals surface area (Å²) in [6, 6.07) is 15.1. The summed E-state index contributed by atoms with van der Waals surface area (Å²) in [4.78, 5) is 23.6. The predicted octanol–water partition coefficient (Wildman–Crippen LogP) is 3.91. The third kappa shape index (κ3) is 5.13. The van der Waals surface area contributed by atoms with Crippen molar-refractivity contribution in [1.82, 2.24) is 0 Å². The van der Waals surface area contributed by atoms with Gasteiger partial charge in [-0.25, -0.2) is 4.79 Å². The average molecular weight is 343 g/mol. The fourth-order valence-corrected chi connectivity index (χ4v) is 3.08. The summed E-state index contributed by atoms with van der Waals surface area (Å²) < 4.78 is 4.71. The molecule has 24 heavy (non-hydrogen) atoms. The van der Waals surface area contributed by atoms with E-state index in [1.807, 2.05) is 36.4 Å². The molecule has 0 aliphatic rings. The maximum atomic E-state index is 12.1. The molecule has 0 aliphatic heterocycles. The Morgan fingerprint density at radius 2 is 1.92 bits per heavy atom. The number of nitrogens with one attached hydrogen (secondary N) is 1. The summed E-state index contributed by atoms with van der Waals surface area (Å²) in [5.74, 6) is 0.648. The van der Waals surface area contributed by atoms with Crippen LogP contribution >= 0.6 is 11.8 Å². The average Bonchev–Trinajstić information content (AvgIpc) is 2.61. The smallest absolute Gasteiger partial charge is 0.337 e. The summed E-state index contributed by atoms with van der Waals surface area (Å²) in [5, 5.41) is 2.95. The third-order valence-electron chi connectivity index (χ3n) is 3.52. The molecule has 2 aromatic carbocycles. The highest BCUT2D eigenvalue weighted by Crippen LogP contribution is 2.18. The molecule has 0 radical (unpaired) electrons. The maximum Gasteiger partial charge on any atom is 0.337 e. The van der Waals surface area contributed by atoms with Crippen LogP contribution in [-0.4, -0.2) is 24.7 Å². The molecule has 0 bridgehead atoms. The van der Waals surface area contributed by atoms with E-state index in [0.717, 1.165) is 23.2 Å². The second kappa shape index (κ2) is 9.13. The van der Waals surface area contributed by atoms with Gasteiger partial charge in [-0.1, -0.05) is 37.3 Å². The minimum Gasteiger partial charge on any atom is -0.465 e. The second-order valence-electron chi connectivity index (χ2n) is 5.24. The molecule has 2 aromatic rings. The van der Waals surface area contributed by atoms with Crippen LogP contribution in [0.4, 0.5) is 5.69 Å². The van der Waals surface area contributed by atoms with Crippen LogP contribution in [0.5, 0.6) is 0 Å². The number of rotatable bonds is 7. The quantitative estimate of drug-likeness (QED) is 0.775. The van der Waals surface area contributed by atoms with Gasteiger partial charge in [-0.3, -0.25) is 4.79 Å². The molecule has 0 unspecified atom stereocenters. The number of esters is 1. The number of carbonyl (C=O) groups excluding carboxylic acids is 2. The van der Waals surface area contributed by atoms with Crippen molar-refractivity contribution in [2.75, 3.05) is 18.2 Å². The topological polar surface area (TPSA) is 55.4 Å². The van der Waals surface area contributed by atoms with Crippen LogP contribution in [0.3, 0.4) is 0 Å². The summed E-state index contributed by atoms with van der Waals surface area (Å²) in [6.07, 6.45) is 0.879. The van der Waals surface area contributed by atoms with E-state index in [0.29, 0.717) is 17.1 Å². The Labute approximate surface area is 146 Å². The van der Waals surface area contributed by atoms with E-state index < -0.39 is 0 Å². The molecule has 1 N–H and O–H groups in total. The van der Waals surface area contributed by atoms with Crippen LogP contribution < -0.4 is 5.32 Å². The Morgan fingerprint density at radius 1 is 1.12 bits per heavy atom. The van der Waals surface area contributed by atoms with Crippen molar-refractivity contribution in [1.29, 1.82) is 0 Å². The van der Waals surface area contributed by atoms with Crippen molar-refractivity contribution < 1.29 is 14.3 Å². The first-order chi connectivity index (χ1) is 11.6. The summed E-state index contributed by atoms with van der Waals surface area (Å²) in [5.41, 5.74) is 3.52. The predicted molar refractivity (Wildman–Crippen MR) is 98.4 cm³/mol. The van der Waals surface area contributed by atoms with Gasteiger partial charge in [0.15, 0.2) is 0 Å². The molecule has 0 atom stereocenters. The van der Waals surface area contributed by atoms with Crippen molar-refractivity contribution in [3.63, 3.8) is 0 Å². The van der Waals surface area contributed by atoms with Gasteiger partial charge >= 0.3 is 5.97 Å². The molecule has 0 aliphatic carbocycles. The van der Waals surface area contributed by atoms with Crippen molar-refractivity contribution in [2.45, 2.75) is 19.1 Å². The van der Waals surface area contributed by atoms with Crippen molar-refractivity contribution >= 4 is 29.3 Å². The van der Waals surface area contributed by atoms with E-state index in [1.165, 1.54) is 18.9 Å². The lowest BCUT2D eigenvalue weighted by Crippen LogP contribution is -2.15. The molecule has 2 rings (SSSR count). The number of hydrogen-bond donors (Lipinski definition) is 1. The van der Waals surface area contributed by atoms with Gasteiger partial charge < -0.3 is 10.1 Å². The van der Waals surface area contributed by atoms with Crippen LogP contribution in [0.2, 0.25) is 0 Å². The number of ether oxygens (including phenoxy) is 1. The Kier molecular flexibility index (Phi) is 6.88. The number of methoxy groups -OCH3 is 1. The van der Waals surface area contributed by atoms with Crippen LogP contribution in [0.25, 0.3) is 0 Å². The highest BCUT2D eigenvalue weighted by atomic mass is 32.2. The Bertz CT molecular complexity index is 715. The van der Waals surface area contributed by atoms with Gasteiger partial charge in [0.05, 0.1) is 18.4 Å². The molecular weight excluding hydrogens is 322 g/mol. The molecule has 0 aromatic heterocycles. The van der Waals surface area contributed by atoms with E-state index in [2.05, 4.69) is 12.2 Å². The number of thioether (sulfide) groups is 1. The van der Waals surface area contributed by atoms with Gasteiger partial charge in [-0.2, -0.15) is 0 Å². The maximum absolute atomic E-state index is 12.1. The zero-order valence-corrected chi connectivity index (χ0v) is 14.7. The largest absolute Gasteiger partial charge is 0.465 e. The number of aryl methyl sites for hydroxylation is 1. The normalized spacial score (nSPS) is 10.2. The Balaban J connectivity index is 1.85. The standard InChI is InChI=1S/C19H21NO3S/c1-3-15-8-4-5-10-17(15)20-18(21)13-24-12-14-7-6-9-16(11-14)19(22)23-2/h4-11H,3,12-13H2,1-2H3,(H,20,21). The Hall–Kier alpha value is -2.27. The summed E-state index contributed by atoms with van der Waals surface area (Å²) in [7, 11) is 1.36. The Morgan fingerprint density at radius 3 is 2.67 bits per heavy atom. The number of carbonyl (C=O) groups is 2. The minimum absolute atomic E-state index is 0.0231. The van der Waals surface area contributed by atoms with Crippen molar-refractivity contribution in [3.8, 4) is 0 Å². The van der Waals surface area contributed by atoms with Crippen molar-refractivity contribution in [2.24, 2.45) is 0 Å². The summed E-state index contributed by atoms with van der Waals surface area (Å²) >= 11 is 1.51. The second-order valence-corrected chi connectivity index (χ2v) is 6.23. The van der Waals surface area contributed by atoms with Crippen LogP contribution in [0.1, 0.15) is 28.4 Å². The molecule has 4 nitrogen and oxygen atoms in total. The van der Waals surface area contributed by atoms with E-state index in [4.69, 9.17) is 4.74 Å². The molecule has 1 amide bonds. The van der Waals surface area contributed by atoms with Crippen LogP contribution in [0, 0.1) is 0 Å². The van der Waals surface area contributed by atoms with E-state index in [9.17, 15) is 9.59 Å². The van der Waals surface area contributed by atoms with E-state index in [1.54, 1.807) is 12.1 Å². The van der Waals surface area contributed by atoms with Crippen molar-refractivity contribution in [3.05, 3.63) is 65.2 Å². The third-order valence-corrected chi connectivity index (χ3v) is 4.53. The SMILES string of the molecule is CCc1ccccc1NC(=O)CSCc1cccc(C(=O)OC)c1. The van der Waals surface area contributed by atoms with Gasteiger partial charge in [0, 0.05) is 11.4 Å². The lowest BCUT2D eigenvalue weighted by molar-refractivity contribution is -0.113. The molecule has 126 valence electrons. The lowest BCUT2D eigenvalue weighted by Gasteiger charge is -2.09. The van der Waals surface area contributed by atoms with Gasteiger partial charge in [0.2, 0.25) is 5.91 Å². The number of para-hydroxylation sites is 1. The highest BCUT2D eigenvalue weighted by Gasteiger charge is 2.08. The fraction of sp³-hybridized carbons (Fsp3) is 0.263. The minimum atomic E-state index is -0.351. The lowest BCUT2D eigenvalue weighted by atomic mass is 10.1. The van der Waals surface area contributed by atoms with Gasteiger partial charge in [0.1, 0.15) is 0 Å². The molecule has 0 saturated carbocycles. The molecule has 0 heterocycles. The first-order valence-electron chi connectivity index (χ1n) is 7.76. The molecule has 0 spiro atoms. The zero-order valence-electron chi connectivity index (χ0n) is 13.9. The monoisotopic (exact) mass is 343 g/mol. The molecular formula is C19H21NO3S. The number of hydrogen-bond acceptors (Lipinski definition) is 4. The molecule has 0 saturated heterocycles. The fourth-order valence-electron chi connectivity index (χ4n) is 2.30. The number of amides is 1. The first kappa shape index (κ1) is 18.1. The first-order valence-corrected chi connectivity index (χ1v) is 8.92. The number of benzene rings is 2. The van der Waals surface area contributed by atoms with E-state index >= 15 is 0 Å². The summed E-state index contributed by atoms with van der Waals surface area (Å²) in [6.45, 7) is 2.06. The number of anilines is 1. The highest BCUT2D eigenvalue weighted by molar-refractivity contribution is 7.99. The van der Waals surface area contributed by atoms with Crippen LogP contribution in [0.15, 0.2) is 48.5 Å².